The zero-order valence-electron chi connectivity index (χ0n) is 23.1. The van der Waals surface area contributed by atoms with E-state index in [1.807, 2.05) is 0 Å². The summed E-state index contributed by atoms with van der Waals surface area (Å²) in [5.41, 5.74) is 0.554. The van der Waals surface area contributed by atoms with E-state index in [4.69, 9.17) is 23.2 Å². The molecule has 1 aromatic rings. The number of piperidine rings is 1. The smallest absolute Gasteiger partial charge is 0.326 e. The first-order valence-corrected chi connectivity index (χ1v) is 15.5. The molecule has 1 heterocycles. The maximum Gasteiger partial charge on any atom is 0.326 e. The fraction of sp³-hybridized carbons (Fsp3) is 0.667. The molecule has 1 saturated heterocycles. The molecule has 40 heavy (non-hydrogen) atoms. The van der Waals surface area contributed by atoms with Crippen LogP contribution in [0.25, 0.3) is 0 Å². The minimum atomic E-state index is -1.05. The summed E-state index contributed by atoms with van der Waals surface area (Å²) in [4.78, 5) is 53.3. The Bertz CT molecular complexity index is 1050. The number of carboxylic acids is 1. The van der Waals surface area contributed by atoms with Gasteiger partial charge >= 0.3 is 5.97 Å². The average Bonchev–Trinajstić information content (AvgIpc) is 3.38. The average molecular weight is 595 g/mol. The molecule has 3 aliphatic rings. The molecule has 3 amide bonds. The van der Waals surface area contributed by atoms with E-state index in [2.05, 4.69) is 10.6 Å². The summed E-state index contributed by atoms with van der Waals surface area (Å²) < 4.78 is 0. The number of carbonyl (C=O) groups is 4. The summed E-state index contributed by atoms with van der Waals surface area (Å²) in [5, 5.41) is 15.8. The van der Waals surface area contributed by atoms with Gasteiger partial charge in [0.25, 0.3) is 5.91 Å². The maximum atomic E-state index is 13.6. The Hall–Kier alpha value is -2.32. The number of halogens is 2. The second-order valence-electron chi connectivity index (χ2n) is 12.0. The first-order chi connectivity index (χ1) is 19.1. The minimum Gasteiger partial charge on any atom is -0.480 e. The number of rotatable bonds is 10. The Kier molecular flexibility index (Phi) is 10.7. The molecule has 0 radical (unpaired) electrons. The van der Waals surface area contributed by atoms with Crippen LogP contribution in [0.1, 0.15) is 100 Å². The van der Waals surface area contributed by atoms with Crippen LogP contribution in [0.3, 0.4) is 0 Å². The van der Waals surface area contributed by atoms with Gasteiger partial charge in [0.15, 0.2) is 0 Å². The van der Waals surface area contributed by atoms with E-state index in [-0.39, 0.29) is 30.2 Å². The van der Waals surface area contributed by atoms with E-state index in [1.54, 1.807) is 4.90 Å². The van der Waals surface area contributed by atoms with Gasteiger partial charge in [0.2, 0.25) is 11.8 Å². The third kappa shape index (κ3) is 8.35. The van der Waals surface area contributed by atoms with E-state index < -0.39 is 29.9 Å². The first-order valence-electron chi connectivity index (χ1n) is 14.7. The van der Waals surface area contributed by atoms with Crippen molar-refractivity contribution >= 4 is 46.9 Å². The van der Waals surface area contributed by atoms with Crippen molar-refractivity contribution in [3.63, 3.8) is 0 Å². The normalized spacial score (nSPS) is 20.6. The molecule has 3 fully saturated rings. The molecule has 220 valence electrons. The molecule has 1 unspecified atom stereocenters. The number of aliphatic carboxylic acids is 1. The molecule has 0 aromatic heterocycles. The third-order valence-electron chi connectivity index (χ3n) is 9.12. The van der Waals surface area contributed by atoms with Crippen LogP contribution in [0.5, 0.6) is 0 Å². The number of carbonyl (C=O) groups excluding carboxylic acids is 3. The summed E-state index contributed by atoms with van der Waals surface area (Å²) in [5.74, 6) is -1.93. The van der Waals surface area contributed by atoms with Gasteiger partial charge in [-0.1, -0.05) is 68.1 Å². The number of hydrogen-bond acceptors (Lipinski definition) is 4. The van der Waals surface area contributed by atoms with E-state index in [0.717, 1.165) is 38.5 Å². The van der Waals surface area contributed by atoms with Gasteiger partial charge in [-0.2, -0.15) is 0 Å². The summed E-state index contributed by atoms with van der Waals surface area (Å²) in [6, 6.07) is 2.58. The highest BCUT2D eigenvalue weighted by atomic mass is 35.5. The van der Waals surface area contributed by atoms with Crippen molar-refractivity contribution in [1.29, 1.82) is 0 Å². The molecule has 2 saturated carbocycles. The molecule has 1 aromatic carbocycles. The van der Waals surface area contributed by atoms with Gasteiger partial charge < -0.3 is 20.6 Å². The van der Waals surface area contributed by atoms with Gasteiger partial charge in [-0.3, -0.25) is 14.4 Å². The molecular weight excluding hydrogens is 553 g/mol. The molecule has 1 aliphatic heterocycles. The van der Waals surface area contributed by atoms with E-state index in [9.17, 15) is 24.3 Å². The zero-order valence-corrected chi connectivity index (χ0v) is 24.6. The standard InChI is InChI=1S/C30H41Cl2N3O5/c31-22-17-21(18-23(32)19-22)27(37)34-24(28(38)35-14-12-30(13-15-35)10-4-5-11-30)8-9-26(36)33-25(29(39)40)16-20-6-2-1-3-7-20/h17-20,24-25H,1-16H2,(H,33,36)(H,34,37)(H,39,40)/t24?,25-/m1/s1. The zero-order chi connectivity index (χ0) is 28.7. The number of hydrogen-bond donors (Lipinski definition) is 3. The number of benzene rings is 1. The molecule has 1 spiro atoms. The highest BCUT2D eigenvalue weighted by Crippen LogP contribution is 2.46. The van der Waals surface area contributed by atoms with E-state index >= 15 is 0 Å². The predicted molar refractivity (Wildman–Crippen MR) is 154 cm³/mol. The van der Waals surface area contributed by atoms with Gasteiger partial charge in [-0.25, -0.2) is 4.79 Å². The van der Waals surface area contributed by atoms with Crippen LogP contribution in [0.2, 0.25) is 10.0 Å². The SMILES string of the molecule is O=C(CCC(NC(=O)c1cc(Cl)cc(Cl)c1)C(=O)N1CCC2(CCCC2)CC1)N[C@H](CC1CCCCC1)C(=O)O. The van der Waals surface area contributed by atoms with Gasteiger partial charge in [-0.05, 0) is 68.1 Å². The highest BCUT2D eigenvalue weighted by Gasteiger charge is 2.39. The fourth-order valence-electron chi connectivity index (χ4n) is 6.75. The summed E-state index contributed by atoms with van der Waals surface area (Å²) in [6.45, 7) is 1.26. The summed E-state index contributed by atoms with van der Waals surface area (Å²) in [6.07, 6.45) is 12.5. The summed E-state index contributed by atoms with van der Waals surface area (Å²) >= 11 is 12.2. The Balaban J connectivity index is 1.40. The lowest BCUT2D eigenvalue weighted by Crippen LogP contribution is -2.52. The molecule has 8 nitrogen and oxygen atoms in total. The number of amides is 3. The van der Waals surface area contributed by atoms with Crippen molar-refractivity contribution in [2.45, 2.75) is 102 Å². The van der Waals surface area contributed by atoms with Crippen molar-refractivity contribution in [3.05, 3.63) is 33.8 Å². The minimum absolute atomic E-state index is 0.0577. The lowest BCUT2D eigenvalue weighted by molar-refractivity contribution is -0.142. The van der Waals surface area contributed by atoms with Gasteiger partial charge in [0, 0.05) is 35.1 Å². The second kappa shape index (κ2) is 14.0. The Morgan fingerprint density at radius 2 is 1.50 bits per heavy atom. The van der Waals surface area contributed by atoms with Crippen molar-refractivity contribution < 1.29 is 24.3 Å². The van der Waals surface area contributed by atoms with Gasteiger partial charge in [0.1, 0.15) is 12.1 Å². The molecule has 2 aliphatic carbocycles. The Morgan fingerprint density at radius 1 is 0.875 bits per heavy atom. The number of likely N-dealkylation sites (tertiary alicyclic amines) is 1. The topological polar surface area (TPSA) is 116 Å². The molecule has 0 bridgehead atoms. The maximum absolute atomic E-state index is 13.6. The van der Waals surface area contributed by atoms with Crippen LogP contribution in [-0.2, 0) is 14.4 Å². The Labute approximate surface area is 246 Å². The lowest BCUT2D eigenvalue weighted by Gasteiger charge is -2.40. The van der Waals surface area contributed by atoms with Crippen LogP contribution in [0.4, 0.5) is 0 Å². The van der Waals surface area contributed by atoms with E-state index in [0.29, 0.717) is 35.0 Å². The van der Waals surface area contributed by atoms with Gasteiger partial charge in [-0.15, -0.1) is 0 Å². The van der Waals surface area contributed by atoms with Crippen LogP contribution < -0.4 is 10.6 Å². The molecule has 3 N–H and O–H groups in total. The number of carboxylic acid groups (broad SMARTS) is 1. The van der Waals surface area contributed by atoms with E-state index in [1.165, 1.54) is 50.3 Å². The third-order valence-corrected chi connectivity index (χ3v) is 9.55. The monoisotopic (exact) mass is 593 g/mol. The second-order valence-corrected chi connectivity index (χ2v) is 12.8. The summed E-state index contributed by atoms with van der Waals surface area (Å²) in [7, 11) is 0. The quantitative estimate of drug-likeness (QED) is 0.327. The van der Waals surface area contributed by atoms with Crippen molar-refractivity contribution in [2.24, 2.45) is 11.3 Å². The molecule has 10 heteroatoms. The fourth-order valence-corrected chi connectivity index (χ4v) is 7.28. The van der Waals surface area contributed by atoms with Crippen LogP contribution in [-0.4, -0.2) is 58.9 Å². The highest BCUT2D eigenvalue weighted by molar-refractivity contribution is 6.35. The van der Waals surface area contributed by atoms with Crippen LogP contribution >= 0.6 is 23.2 Å². The first kappa shape index (κ1) is 30.6. The lowest BCUT2D eigenvalue weighted by atomic mass is 9.77. The van der Waals surface area contributed by atoms with Gasteiger partial charge in [0.05, 0.1) is 0 Å². The largest absolute Gasteiger partial charge is 0.480 e. The van der Waals surface area contributed by atoms with Crippen molar-refractivity contribution in [3.8, 4) is 0 Å². The Morgan fingerprint density at radius 3 is 2.10 bits per heavy atom. The molecule has 4 rings (SSSR count). The molecular formula is C30H41Cl2N3O5. The molecule has 2 atom stereocenters. The van der Waals surface area contributed by atoms with Crippen molar-refractivity contribution in [1.82, 2.24) is 15.5 Å². The van der Waals surface area contributed by atoms with Crippen LogP contribution in [0.15, 0.2) is 18.2 Å². The van der Waals surface area contributed by atoms with Crippen LogP contribution in [0, 0.1) is 11.3 Å². The number of nitrogens with one attached hydrogen (secondary N) is 2. The predicted octanol–water partition coefficient (Wildman–Crippen LogP) is 5.59. The number of nitrogens with zero attached hydrogens (tertiary/aromatic N) is 1. The van der Waals surface area contributed by atoms with Crippen molar-refractivity contribution in [2.75, 3.05) is 13.1 Å².